The van der Waals surface area contributed by atoms with Gasteiger partial charge in [0.2, 0.25) is 0 Å². The lowest BCUT2D eigenvalue weighted by molar-refractivity contribution is 0.609. The smallest absolute Gasteiger partial charge is 0.207 e. The molecule has 0 saturated heterocycles. The Kier molecular flexibility index (Phi) is 3.77. The number of aryl methyl sites for hydroxylation is 1. The topological polar surface area (TPSA) is 57.9 Å². The standard InChI is InChI=1S/C9H7BrClNO2S/c1-6-2-7(5-12)3-9(8(6)4-10)15(11,13)14/h2-3H,4H2,1H3. The molecule has 0 unspecified atom stereocenters. The van der Waals surface area contributed by atoms with E-state index in [4.69, 9.17) is 15.9 Å². The zero-order valence-corrected chi connectivity index (χ0v) is 10.9. The molecule has 6 heteroatoms. The molecule has 0 aliphatic carbocycles. The minimum atomic E-state index is -3.81. The SMILES string of the molecule is Cc1cc(C#N)cc(S(=O)(=O)Cl)c1CBr. The van der Waals surface area contributed by atoms with E-state index in [-0.39, 0.29) is 10.5 Å². The van der Waals surface area contributed by atoms with E-state index in [1.807, 2.05) is 6.07 Å². The minimum absolute atomic E-state index is 0.00223. The predicted octanol–water partition coefficient (Wildman–Crippen LogP) is 2.69. The molecule has 0 atom stereocenters. The van der Waals surface area contributed by atoms with Crippen molar-refractivity contribution in [2.75, 3.05) is 0 Å². The molecule has 0 radical (unpaired) electrons. The van der Waals surface area contributed by atoms with Crippen molar-refractivity contribution in [1.82, 2.24) is 0 Å². The van der Waals surface area contributed by atoms with Crippen LogP contribution in [0, 0.1) is 18.3 Å². The van der Waals surface area contributed by atoms with Gasteiger partial charge in [0.1, 0.15) is 0 Å². The second-order valence-electron chi connectivity index (χ2n) is 2.95. The largest absolute Gasteiger partial charge is 0.261 e. The maximum Gasteiger partial charge on any atom is 0.261 e. The van der Waals surface area contributed by atoms with Crippen molar-refractivity contribution in [2.24, 2.45) is 0 Å². The van der Waals surface area contributed by atoms with Gasteiger partial charge in [0.05, 0.1) is 16.5 Å². The number of benzene rings is 1. The second-order valence-corrected chi connectivity index (χ2v) is 6.05. The Bertz CT molecular complexity index is 534. The van der Waals surface area contributed by atoms with Crippen molar-refractivity contribution in [2.45, 2.75) is 17.1 Å². The number of hydrogen-bond donors (Lipinski definition) is 0. The van der Waals surface area contributed by atoms with Crippen LogP contribution in [0.25, 0.3) is 0 Å². The molecule has 80 valence electrons. The molecule has 1 aromatic rings. The highest BCUT2D eigenvalue weighted by molar-refractivity contribution is 9.08. The maximum absolute atomic E-state index is 11.3. The Morgan fingerprint density at radius 1 is 1.53 bits per heavy atom. The van der Waals surface area contributed by atoms with Crippen LogP contribution in [-0.4, -0.2) is 8.42 Å². The molecule has 0 amide bonds. The van der Waals surface area contributed by atoms with Crippen molar-refractivity contribution in [1.29, 1.82) is 5.26 Å². The van der Waals surface area contributed by atoms with Gasteiger partial charge in [-0.3, -0.25) is 0 Å². The van der Waals surface area contributed by atoms with Gasteiger partial charge in [-0.15, -0.1) is 0 Å². The average molecular weight is 309 g/mol. The van der Waals surface area contributed by atoms with Crippen molar-refractivity contribution in [3.63, 3.8) is 0 Å². The van der Waals surface area contributed by atoms with Crippen molar-refractivity contribution >= 4 is 35.7 Å². The fraction of sp³-hybridized carbons (Fsp3) is 0.222. The summed E-state index contributed by atoms with van der Waals surface area (Å²) in [5.74, 6) is 0. The van der Waals surface area contributed by atoms with Crippen LogP contribution in [-0.2, 0) is 14.4 Å². The van der Waals surface area contributed by atoms with Crippen LogP contribution in [0.4, 0.5) is 0 Å². The highest BCUT2D eigenvalue weighted by atomic mass is 79.9. The third-order valence-corrected chi connectivity index (χ3v) is 3.91. The van der Waals surface area contributed by atoms with E-state index in [0.717, 1.165) is 5.56 Å². The summed E-state index contributed by atoms with van der Waals surface area (Å²) in [6.07, 6.45) is 0. The molecule has 0 heterocycles. The summed E-state index contributed by atoms with van der Waals surface area (Å²) < 4.78 is 22.5. The fourth-order valence-electron chi connectivity index (χ4n) is 1.24. The molecule has 0 bridgehead atoms. The molecular weight excluding hydrogens is 302 g/mol. The molecule has 3 nitrogen and oxygen atoms in total. The van der Waals surface area contributed by atoms with Crippen LogP contribution in [0.3, 0.4) is 0 Å². The number of hydrogen-bond acceptors (Lipinski definition) is 3. The van der Waals surface area contributed by atoms with Gasteiger partial charge < -0.3 is 0 Å². The maximum atomic E-state index is 11.3. The lowest BCUT2D eigenvalue weighted by Crippen LogP contribution is -2.00. The molecule has 0 aliphatic heterocycles. The van der Waals surface area contributed by atoms with E-state index >= 15 is 0 Å². The molecule has 0 aromatic heterocycles. The van der Waals surface area contributed by atoms with Gasteiger partial charge in [-0.1, -0.05) is 15.9 Å². The first-order valence-corrected chi connectivity index (χ1v) is 7.37. The molecule has 1 rings (SSSR count). The van der Waals surface area contributed by atoms with Crippen LogP contribution in [0.1, 0.15) is 16.7 Å². The number of nitrogens with zero attached hydrogens (tertiary/aromatic N) is 1. The summed E-state index contributed by atoms with van der Waals surface area (Å²) in [7, 11) is 1.48. The highest BCUT2D eigenvalue weighted by Gasteiger charge is 2.17. The zero-order valence-electron chi connectivity index (χ0n) is 7.79. The van der Waals surface area contributed by atoms with Crippen LogP contribution in [0.15, 0.2) is 17.0 Å². The summed E-state index contributed by atoms with van der Waals surface area (Å²) in [5, 5.41) is 9.10. The molecular formula is C9H7BrClNO2S. The minimum Gasteiger partial charge on any atom is -0.207 e. The van der Waals surface area contributed by atoms with Gasteiger partial charge in [0.25, 0.3) is 9.05 Å². The lowest BCUT2D eigenvalue weighted by Gasteiger charge is -2.07. The highest BCUT2D eigenvalue weighted by Crippen LogP contribution is 2.26. The monoisotopic (exact) mass is 307 g/mol. The molecule has 15 heavy (non-hydrogen) atoms. The van der Waals surface area contributed by atoms with Crippen molar-refractivity contribution in [3.05, 3.63) is 28.8 Å². The van der Waals surface area contributed by atoms with Gasteiger partial charge in [-0.05, 0) is 30.2 Å². The number of nitriles is 1. The first kappa shape index (κ1) is 12.5. The summed E-state index contributed by atoms with van der Waals surface area (Å²) in [5.41, 5.74) is 1.60. The van der Waals surface area contributed by atoms with Gasteiger partial charge in [-0.25, -0.2) is 8.42 Å². The van der Waals surface area contributed by atoms with E-state index in [0.29, 0.717) is 10.9 Å². The van der Waals surface area contributed by atoms with E-state index < -0.39 is 9.05 Å². The van der Waals surface area contributed by atoms with E-state index in [1.54, 1.807) is 13.0 Å². The summed E-state index contributed by atoms with van der Waals surface area (Å²) in [6.45, 7) is 1.74. The zero-order chi connectivity index (χ0) is 11.6. The third-order valence-electron chi connectivity index (χ3n) is 1.96. The second kappa shape index (κ2) is 4.52. The van der Waals surface area contributed by atoms with Crippen LogP contribution < -0.4 is 0 Å². The first-order chi connectivity index (χ1) is 6.90. The quantitative estimate of drug-likeness (QED) is 0.623. The Morgan fingerprint density at radius 3 is 2.53 bits per heavy atom. The Hall–Kier alpha value is -0.570. The number of alkyl halides is 1. The van der Waals surface area contributed by atoms with Crippen LogP contribution in [0.2, 0.25) is 0 Å². The van der Waals surface area contributed by atoms with Crippen molar-refractivity contribution in [3.8, 4) is 6.07 Å². The van der Waals surface area contributed by atoms with Crippen molar-refractivity contribution < 1.29 is 8.42 Å². The summed E-state index contributed by atoms with van der Waals surface area (Å²) in [6, 6.07) is 4.80. The Labute approximate surface area is 101 Å². The number of rotatable bonds is 2. The molecule has 0 spiro atoms. The van der Waals surface area contributed by atoms with Crippen LogP contribution in [0.5, 0.6) is 0 Å². The lowest BCUT2D eigenvalue weighted by atomic mass is 10.1. The van der Waals surface area contributed by atoms with E-state index in [9.17, 15) is 8.42 Å². The van der Waals surface area contributed by atoms with Gasteiger partial charge in [0.15, 0.2) is 0 Å². The van der Waals surface area contributed by atoms with Crippen LogP contribution >= 0.6 is 26.6 Å². The van der Waals surface area contributed by atoms with E-state index in [1.165, 1.54) is 6.07 Å². The molecule has 1 aromatic carbocycles. The van der Waals surface area contributed by atoms with Gasteiger partial charge in [-0.2, -0.15) is 5.26 Å². The van der Waals surface area contributed by atoms with Gasteiger partial charge in [0, 0.05) is 16.0 Å². The third kappa shape index (κ3) is 2.71. The molecule has 0 fully saturated rings. The normalized spacial score (nSPS) is 11.1. The average Bonchev–Trinajstić information content (AvgIpc) is 2.15. The molecule has 0 N–H and O–H groups in total. The Balaban J connectivity index is 3.63. The first-order valence-electron chi connectivity index (χ1n) is 3.94. The summed E-state index contributed by atoms with van der Waals surface area (Å²) in [4.78, 5) is -0.00223. The van der Waals surface area contributed by atoms with E-state index in [2.05, 4.69) is 15.9 Å². The fourth-order valence-corrected chi connectivity index (χ4v) is 3.38. The summed E-state index contributed by atoms with van der Waals surface area (Å²) >= 11 is 3.19. The molecule has 0 saturated carbocycles. The van der Waals surface area contributed by atoms with Gasteiger partial charge >= 0.3 is 0 Å². The number of halogens is 2. The molecule has 0 aliphatic rings. The Morgan fingerprint density at radius 2 is 2.13 bits per heavy atom. The predicted molar refractivity (Wildman–Crippen MR) is 61.6 cm³/mol.